The minimum atomic E-state index is -4.49. The van der Waals surface area contributed by atoms with Crippen LogP contribution in [-0.4, -0.2) is 22.3 Å². The number of aromatic nitrogens is 2. The smallest absolute Gasteiger partial charge is 0.420 e. The van der Waals surface area contributed by atoms with Crippen molar-refractivity contribution in [3.8, 4) is 5.75 Å². The number of ether oxygens (including phenoxy) is 1. The van der Waals surface area contributed by atoms with Crippen molar-refractivity contribution in [2.24, 2.45) is 5.73 Å². The summed E-state index contributed by atoms with van der Waals surface area (Å²) in [5.41, 5.74) is 5.43. The minimum absolute atomic E-state index is 0.00394. The number of benzene rings is 1. The molecule has 21 heavy (non-hydrogen) atoms. The van der Waals surface area contributed by atoms with E-state index in [1.165, 1.54) is 12.3 Å². The number of fused-ring (bicyclic) bond motifs is 1. The highest BCUT2D eigenvalue weighted by Crippen LogP contribution is 2.41. The van der Waals surface area contributed by atoms with Crippen LogP contribution in [0.2, 0.25) is 0 Å². The summed E-state index contributed by atoms with van der Waals surface area (Å²) < 4.78 is 45.6. The number of aromatic amines is 1. The number of nitrogens with two attached hydrogens (primary N) is 1. The van der Waals surface area contributed by atoms with Crippen molar-refractivity contribution in [3.63, 3.8) is 0 Å². The minimum Gasteiger partial charge on any atom is -0.490 e. The van der Waals surface area contributed by atoms with Gasteiger partial charge < -0.3 is 10.5 Å². The molecule has 0 spiro atoms. The van der Waals surface area contributed by atoms with Gasteiger partial charge in [-0.05, 0) is 37.8 Å². The molecule has 4 nitrogen and oxygen atoms in total. The van der Waals surface area contributed by atoms with E-state index in [4.69, 9.17) is 10.5 Å². The van der Waals surface area contributed by atoms with Gasteiger partial charge in [0.25, 0.3) is 0 Å². The Morgan fingerprint density at radius 3 is 2.81 bits per heavy atom. The highest BCUT2D eigenvalue weighted by Gasteiger charge is 2.37. The normalized spacial score (nSPS) is 23.4. The van der Waals surface area contributed by atoms with Crippen LogP contribution in [0.1, 0.15) is 31.2 Å². The van der Waals surface area contributed by atoms with Crippen LogP contribution in [0.25, 0.3) is 10.9 Å². The van der Waals surface area contributed by atoms with Crippen molar-refractivity contribution >= 4 is 10.9 Å². The zero-order chi connectivity index (χ0) is 15.0. The fourth-order valence-corrected chi connectivity index (χ4v) is 2.86. The highest BCUT2D eigenvalue weighted by atomic mass is 19.4. The van der Waals surface area contributed by atoms with E-state index in [0.29, 0.717) is 11.9 Å². The van der Waals surface area contributed by atoms with Crippen LogP contribution < -0.4 is 10.5 Å². The average Bonchev–Trinajstić information content (AvgIpc) is 2.85. The molecule has 0 aliphatic heterocycles. The molecule has 1 saturated carbocycles. The third kappa shape index (κ3) is 2.83. The molecule has 1 aromatic carbocycles. The van der Waals surface area contributed by atoms with Crippen LogP contribution in [0, 0.1) is 0 Å². The Labute approximate surface area is 119 Å². The molecular formula is C14H16F3N3O. The summed E-state index contributed by atoms with van der Waals surface area (Å²) in [7, 11) is 0. The predicted molar refractivity (Wildman–Crippen MR) is 72.0 cm³/mol. The molecular weight excluding hydrogens is 283 g/mol. The van der Waals surface area contributed by atoms with Gasteiger partial charge in [-0.2, -0.15) is 18.3 Å². The summed E-state index contributed by atoms with van der Waals surface area (Å²) in [5, 5.41) is 6.25. The molecule has 1 fully saturated rings. The fraction of sp³-hybridized carbons (Fsp3) is 0.500. The molecule has 0 amide bonds. The van der Waals surface area contributed by atoms with Crippen molar-refractivity contribution in [3.05, 3.63) is 23.9 Å². The number of halogens is 3. The number of nitrogens with one attached hydrogen (secondary N) is 1. The van der Waals surface area contributed by atoms with Crippen molar-refractivity contribution in [1.82, 2.24) is 10.2 Å². The lowest BCUT2D eigenvalue weighted by Crippen LogP contribution is -2.34. The molecule has 0 saturated heterocycles. The molecule has 0 unspecified atom stereocenters. The second-order valence-corrected chi connectivity index (χ2v) is 5.43. The van der Waals surface area contributed by atoms with Crippen molar-refractivity contribution < 1.29 is 17.9 Å². The maximum Gasteiger partial charge on any atom is 0.420 e. The predicted octanol–water partition coefficient (Wildman–Crippen LogP) is 3.23. The Bertz CT molecular complexity index is 638. The Hall–Kier alpha value is -1.76. The summed E-state index contributed by atoms with van der Waals surface area (Å²) >= 11 is 0. The van der Waals surface area contributed by atoms with Gasteiger partial charge in [-0.25, -0.2) is 0 Å². The van der Waals surface area contributed by atoms with Crippen LogP contribution in [0.3, 0.4) is 0 Å². The SMILES string of the molecule is N[C@@H]1CCC[C@@H](Oc2ccc3[nH]ncc3c2C(F)(F)F)C1. The van der Waals surface area contributed by atoms with E-state index in [-0.39, 0.29) is 23.3 Å². The van der Waals surface area contributed by atoms with Gasteiger partial charge in [0.15, 0.2) is 0 Å². The quantitative estimate of drug-likeness (QED) is 0.895. The van der Waals surface area contributed by atoms with Crippen LogP contribution in [0.15, 0.2) is 18.3 Å². The topological polar surface area (TPSA) is 63.9 Å². The average molecular weight is 299 g/mol. The Morgan fingerprint density at radius 1 is 1.29 bits per heavy atom. The highest BCUT2D eigenvalue weighted by molar-refractivity contribution is 5.84. The molecule has 2 aromatic rings. The zero-order valence-electron chi connectivity index (χ0n) is 11.3. The van der Waals surface area contributed by atoms with Crippen LogP contribution in [-0.2, 0) is 6.18 Å². The lowest BCUT2D eigenvalue weighted by Gasteiger charge is -2.28. The van der Waals surface area contributed by atoms with Gasteiger partial charge in [0, 0.05) is 11.4 Å². The van der Waals surface area contributed by atoms with E-state index in [9.17, 15) is 13.2 Å². The lowest BCUT2D eigenvalue weighted by molar-refractivity contribution is -0.138. The van der Waals surface area contributed by atoms with Gasteiger partial charge in [-0.3, -0.25) is 5.10 Å². The van der Waals surface area contributed by atoms with Gasteiger partial charge in [-0.1, -0.05) is 0 Å². The number of alkyl halides is 3. The molecule has 2 atom stereocenters. The number of nitrogens with zero attached hydrogens (tertiary/aromatic N) is 1. The van der Waals surface area contributed by atoms with E-state index in [0.717, 1.165) is 19.3 Å². The molecule has 114 valence electrons. The van der Waals surface area contributed by atoms with Crippen molar-refractivity contribution in [2.75, 3.05) is 0 Å². The molecule has 1 aliphatic carbocycles. The van der Waals surface area contributed by atoms with E-state index in [1.807, 2.05) is 0 Å². The van der Waals surface area contributed by atoms with E-state index < -0.39 is 11.7 Å². The lowest BCUT2D eigenvalue weighted by atomic mass is 9.93. The molecule has 3 rings (SSSR count). The Morgan fingerprint density at radius 2 is 2.10 bits per heavy atom. The second kappa shape index (κ2) is 5.22. The van der Waals surface area contributed by atoms with Crippen LogP contribution >= 0.6 is 0 Å². The monoisotopic (exact) mass is 299 g/mol. The maximum atomic E-state index is 13.3. The second-order valence-electron chi connectivity index (χ2n) is 5.43. The zero-order valence-corrected chi connectivity index (χ0v) is 11.3. The van der Waals surface area contributed by atoms with Crippen molar-refractivity contribution in [1.29, 1.82) is 0 Å². The summed E-state index contributed by atoms with van der Waals surface area (Å²) in [6.07, 6.45) is -0.491. The third-order valence-corrected chi connectivity index (χ3v) is 3.83. The fourth-order valence-electron chi connectivity index (χ4n) is 2.86. The number of hydrogen-bond donors (Lipinski definition) is 2. The van der Waals surface area contributed by atoms with Crippen LogP contribution in [0.5, 0.6) is 5.75 Å². The number of rotatable bonds is 2. The number of H-pyrrole nitrogens is 1. The molecule has 0 bridgehead atoms. The van der Waals surface area contributed by atoms with E-state index in [1.54, 1.807) is 6.07 Å². The van der Waals surface area contributed by atoms with Crippen molar-refractivity contribution in [2.45, 2.75) is 44.0 Å². The third-order valence-electron chi connectivity index (χ3n) is 3.83. The summed E-state index contributed by atoms with van der Waals surface area (Å²) in [5.74, 6) is -0.143. The Kier molecular flexibility index (Phi) is 3.52. The van der Waals surface area contributed by atoms with Gasteiger partial charge >= 0.3 is 6.18 Å². The van der Waals surface area contributed by atoms with Crippen LogP contribution in [0.4, 0.5) is 13.2 Å². The largest absolute Gasteiger partial charge is 0.490 e. The Balaban J connectivity index is 1.97. The van der Waals surface area contributed by atoms with E-state index >= 15 is 0 Å². The molecule has 3 N–H and O–H groups in total. The summed E-state index contributed by atoms with van der Waals surface area (Å²) in [6, 6.07) is 2.90. The maximum absolute atomic E-state index is 13.3. The first-order valence-corrected chi connectivity index (χ1v) is 6.90. The first kappa shape index (κ1) is 14.2. The summed E-state index contributed by atoms with van der Waals surface area (Å²) in [4.78, 5) is 0. The molecule has 0 radical (unpaired) electrons. The molecule has 1 aliphatic rings. The summed E-state index contributed by atoms with van der Waals surface area (Å²) in [6.45, 7) is 0. The van der Waals surface area contributed by atoms with E-state index in [2.05, 4.69) is 10.2 Å². The molecule has 7 heteroatoms. The molecule has 1 heterocycles. The van der Waals surface area contributed by atoms with Gasteiger partial charge in [0.05, 0.1) is 11.7 Å². The van der Waals surface area contributed by atoms with Gasteiger partial charge in [-0.15, -0.1) is 0 Å². The molecule has 1 aromatic heterocycles. The number of hydrogen-bond acceptors (Lipinski definition) is 3. The standard InChI is InChI=1S/C14H16F3N3O/c15-14(16,17)13-10-7-19-20-11(10)4-5-12(13)21-9-3-1-2-8(18)6-9/h4-5,7-9H,1-3,6,18H2,(H,19,20)/t8-,9-/m1/s1. The van der Waals surface area contributed by atoms with Gasteiger partial charge in [0.1, 0.15) is 17.4 Å². The first-order valence-electron chi connectivity index (χ1n) is 6.90. The first-order chi connectivity index (χ1) is 9.95. The van der Waals surface area contributed by atoms with Gasteiger partial charge in [0.2, 0.25) is 0 Å².